The van der Waals surface area contributed by atoms with Gasteiger partial charge in [0.1, 0.15) is 12.2 Å². The number of benzene rings is 1. The molecule has 0 aliphatic carbocycles. The highest BCUT2D eigenvalue weighted by Crippen LogP contribution is 2.32. The highest BCUT2D eigenvalue weighted by Gasteiger charge is 2.34. The van der Waals surface area contributed by atoms with Crippen molar-refractivity contribution in [1.82, 2.24) is 4.98 Å². The van der Waals surface area contributed by atoms with E-state index in [0.717, 1.165) is 34.1 Å². The number of hydrogen-bond acceptors (Lipinski definition) is 6. The maximum Gasteiger partial charge on any atom is 0.186 e. The van der Waals surface area contributed by atoms with E-state index < -0.39 is 0 Å². The van der Waals surface area contributed by atoms with Crippen LogP contribution in [0.3, 0.4) is 0 Å². The molecule has 102 valence electrons. The molecule has 2 N–H and O–H groups in total. The van der Waals surface area contributed by atoms with Crippen LogP contribution in [0.1, 0.15) is 0 Å². The van der Waals surface area contributed by atoms with Crippen molar-refractivity contribution >= 4 is 32.4 Å². The molecule has 0 unspecified atom stereocenters. The summed E-state index contributed by atoms with van der Waals surface area (Å²) in [5.74, 6) is 0. The van der Waals surface area contributed by atoms with Crippen LogP contribution in [0.5, 0.6) is 0 Å². The largest absolute Gasteiger partial charge is 0.399 e. The Hall–Kier alpha value is -1.37. The Morgan fingerprint density at radius 2 is 1.95 bits per heavy atom. The number of nitrogens with zero attached hydrogens (tertiary/aromatic N) is 2. The molecule has 0 spiro atoms. The van der Waals surface area contributed by atoms with Crippen LogP contribution in [0.15, 0.2) is 18.2 Å². The van der Waals surface area contributed by atoms with Crippen LogP contribution in [-0.4, -0.2) is 44.5 Å². The van der Waals surface area contributed by atoms with Gasteiger partial charge in [-0.05, 0) is 18.2 Å². The van der Waals surface area contributed by atoms with E-state index in [-0.39, 0.29) is 12.2 Å². The highest BCUT2D eigenvalue weighted by atomic mass is 32.1. The Kier molecular flexibility index (Phi) is 3.30. The van der Waals surface area contributed by atoms with Crippen LogP contribution < -0.4 is 10.6 Å². The number of hydrogen-bond donors (Lipinski definition) is 1. The number of fused-ring (bicyclic) bond motifs is 1. The summed E-state index contributed by atoms with van der Waals surface area (Å²) in [5.41, 5.74) is 7.56. The molecule has 0 bridgehead atoms. The third-order valence-electron chi connectivity index (χ3n) is 3.49. The maximum atomic E-state index is 5.80. The summed E-state index contributed by atoms with van der Waals surface area (Å²) in [6.45, 7) is 1.62. The van der Waals surface area contributed by atoms with Gasteiger partial charge in [0.05, 0.1) is 10.2 Å². The number of ether oxygens (including phenoxy) is 2. The van der Waals surface area contributed by atoms with E-state index in [1.807, 2.05) is 18.2 Å². The molecule has 6 heteroatoms. The van der Waals surface area contributed by atoms with E-state index in [9.17, 15) is 0 Å². The SMILES string of the molecule is CO[C@H]1CN(c2nc3ccc(N)cc3s2)C[C@H]1OC. The van der Waals surface area contributed by atoms with E-state index in [1.165, 1.54) is 0 Å². The van der Waals surface area contributed by atoms with Crippen molar-refractivity contribution in [3.63, 3.8) is 0 Å². The first-order valence-corrected chi connectivity index (χ1v) is 6.99. The van der Waals surface area contributed by atoms with E-state index in [2.05, 4.69) is 9.88 Å². The first-order chi connectivity index (χ1) is 9.21. The Labute approximate surface area is 115 Å². The average Bonchev–Trinajstić information content (AvgIpc) is 3.00. The lowest BCUT2D eigenvalue weighted by atomic mass is 10.3. The third-order valence-corrected chi connectivity index (χ3v) is 4.57. The third kappa shape index (κ3) is 2.27. The molecule has 1 aliphatic rings. The predicted octanol–water partition coefficient (Wildman–Crippen LogP) is 1.73. The van der Waals surface area contributed by atoms with Gasteiger partial charge in [0, 0.05) is 33.0 Å². The molecular weight excluding hydrogens is 262 g/mol. The van der Waals surface area contributed by atoms with Crippen molar-refractivity contribution in [3.05, 3.63) is 18.2 Å². The Morgan fingerprint density at radius 1 is 1.26 bits per heavy atom. The van der Waals surface area contributed by atoms with Crippen LogP contribution in [0, 0.1) is 0 Å². The average molecular weight is 279 g/mol. The molecule has 1 saturated heterocycles. The van der Waals surface area contributed by atoms with Gasteiger partial charge >= 0.3 is 0 Å². The van der Waals surface area contributed by atoms with Crippen molar-refractivity contribution in [3.8, 4) is 0 Å². The Morgan fingerprint density at radius 3 is 2.58 bits per heavy atom. The quantitative estimate of drug-likeness (QED) is 0.867. The van der Waals surface area contributed by atoms with Gasteiger partial charge in [-0.25, -0.2) is 4.98 Å². The van der Waals surface area contributed by atoms with Crippen molar-refractivity contribution in [2.45, 2.75) is 12.2 Å². The van der Waals surface area contributed by atoms with Crippen LogP contribution in [0.4, 0.5) is 10.8 Å². The first-order valence-electron chi connectivity index (χ1n) is 6.18. The molecule has 1 aromatic carbocycles. The van der Waals surface area contributed by atoms with Gasteiger partial charge in [-0.3, -0.25) is 0 Å². The van der Waals surface area contributed by atoms with Crippen LogP contribution in [0.2, 0.25) is 0 Å². The van der Waals surface area contributed by atoms with E-state index in [0.29, 0.717) is 0 Å². The summed E-state index contributed by atoms with van der Waals surface area (Å²) < 4.78 is 12.0. The number of thiazole rings is 1. The van der Waals surface area contributed by atoms with Gasteiger partial charge in [0.2, 0.25) is 0 Å². The van der Waals surface area contributed by atoms with E-state index in [4.69, 9.17) is 15.2 Å². The smallest absolute Gasteiger partial charge is 0.186 e. The fraction of sp³-hybridized carbons (Fsp3) is 0.462. The number of anilines is 2. The second-order valence-corrected chi connectivity index (χ2v) is 5.69. The molecule has 19 heavy (non-hydrogen) atoms. The summed E-state index contributed by atoms with van der Waals surface area (Å²) in [4.78, 5) is 6.86. The monoisotopic (exact) mass is 279 g/mol. The Bertz CT molecular complexity index is 574. The van der Waals surface area contributed by atoms with Crippen molar-refractivity contribution in [1.29, 1.82) is 0 Å². The fourth-order valence-corrected chi connectivity index (χ4v) is 3.45. The van der Waals surface area contributed by atoms with E-state index >= 15 is 0 Å². The molecule has 1 aliphatic heterocycles. The number of rotatable bonds is 3. The topological polar surface area (TPSA) is 60.6 Å². The minimum absolute atomic E-state index is 0.0991. The molecular formula is C13H17N3O2S. The molecule has 0 amide bonds. The van der Waals surface area contributed by atoms with Gasteiger partial charge in [-0.1, -0.05) is 11.3 Å². The van der Waals surface area contributed by atoms with Gasteiger partial charge in [0.15, 0.2) is 5.13 Å². The number of methoxy groups -OCH3 is 2. The molecule has 3 rings (SSSR count). The number of aromatic nitrogens is 1. The van der Waals surface area contributed by atoms with Gasteiger partial charge < -0.3 is 20.1 Å². The van der Waals surface area contributed by atoms with Crippen LogP contribution in [-0.2, 0) is 9.47 Å². The molecule has 1 aromatic heterocycles. The minimum atomic E-state index is 0.0991. The van der Waals surface area contributed by atoms with Gasteiger partial charge in [0.25, 0.3) is 0 Å². The minimum Gasteiger partial charge on any atom is -0.399 e. The predicted molar refractivity (Wildman–Crippen MR) is 77.8 cm³/mol. The lowest BCUT2D eigenvalue weighted by Crippen LogP contribution is -2.27. The van der Waals surface area contributed by atoms with Crippen LogP contribution in [0.25, 0.3) is 10.2 Å². The fourth-order valence-electron chi connectivity index (χ4n) is 2.42. The molecule has 2 heterocycles. The summed E-state index contributed by atoms with van der Waals surface area (Å²) in [6, 6.07) is 5.81. The Balaban J connectivity index is 1.88. The molecule has 5 nitrogen and oxygen atoms in total. The lowest BCUT2D eigenvalue weighted by Gasteiger charge is -2.13. The molecule has 2 aromatic rings. The highest BCUT2D eigenvalue weighted by molar-refractivity contribution is 7.22. The summed E-state index contributed by atoms with van der Waals surface area (Å²) in [7, 11) is 3.44. The number of nitrogen functional groups attached to an aromatic ring is 1. The van der Waals surface area contributed by atoms with E-state index in [1.54, 1.807) is 25.6 Å². The van der Waals surface area contributed by atoms with Gasteiger partial charge in [-0.2, -0.15) is 0 Å². The summed E-state index contributed by atoms with van der Waals surface area (Å²) in [5, 5.41) is 1.00. The van der Waals surface area contributed by atoms with Crippen molar-refractivity contribution in [2.24, 2.45) is 0 Å². The van der Waals surface area contributed by atoms with Crippen LogP contribution >= 0.6 is 11.3 Å². The zero-order valence-electron chi connectivity index (χ0n) is 11.0. The number of nitrogens with two attached hydrogens (primary N) is 1. The standard InChI is InChI=1S/C13H17N3O2S/c1-17-10-6-16(7-11(10)18-2)13-15-9-4-3-8(14)5-12(9)19-13/h3-5,10-11H,6-7,14H2,1-2H3/t10-,11+. The normalized spacial score (nSPS) is 23.4. The zero-order chi connectivity index (χ0) is 13.4. The molecule has 0 saturated carbocycles. The lowest BCUT2D eigenvalue weighted by molar-refractivity contribution is -0.00461. The second-order valence-electron chi connectivity index (χ2n) is 4.68. The molecule has 2 atom stereocenters. The van der Waals surface area contributed by atoms with Gasteiger partial charge in [-0.15, -0.1) is 0 Å². The summed E-state index contributed by atoms with van der Waals surface area (Å²) >= 11 is 1.66. The second kappa shape index (κ2) is 4.96. The van der Waals surface area contributed by atoms with Crippen molar-refractivity contribution in [2.75, 3.05) is 37.9 Å². The zero-order valence-corrected chi connectivity index (χ0v) is 11.8. The molecule has 0 radical (unpaired) electrons. The summed E-state index contributed by atoms with van der Waals surface area (Å²) in [6.07, 6.45) is 0.198. The molecule has 1 fully saturated rings. The maximum absolute atomic E-state index is 5.80. The first kappa shape index (κ1) is 12.7. The van der Waals surface area contributed by atoms with Crippen molar-refractivity contribution < 1.29 is 9.47 Å².